The van der Waals surface area contributed by atoms with Crippen LogP contribution in [0.25, 0.3) is 0 Å². The highest BCUT2D eigenvalue weighted by Crippen LogP contribution is 2.41. The van der Waals surface area contributed by atoms with Gasteiger partial charge in [-0.25, -0.2) is 4.98 Å². The number of hydrogen-bond acceptors (Lipinski definition) is 3. The minimum absolute atomic E-state index is 0.0128. The predicted octanol–water partition coefficient (Wildman–Crippen LogP) is 2.26. The van der Waals surface area contributed by atoms with E-state index < -0.39 is 0 Å². The zero-order valence-corrected chi connectivity index (χ0v) is 8.73. The van der Waals surface area contributed by atoms with Gasteiger partial charge < -0.3 is 5.11 Å². The van der Waals surface area contributed by atoms with Gasteiger partial charge in [0.2, 0.25) is 0 Å². The molecule has 0 aromatic carbocycles. The first-order chi connectivity index (χ1) is 6.27. The van der Waals surface area contributed by atoms with E-state index in [2.05, 4.69) is 10.4 Å². The van der Waals surface area contributed by atoms with E-state index >= 15 is 0 Å². The monoisotopic (exact) mass is 197 g/mol. The summed E-state index contributed by atoms with van der Waals surface area (Å²) in [4.78, 5) is 4.49. The minimum atomic E-state index is 0.0128. The van der Waals surface area contributed by atoms with E-state index in [1.807, 2.05) is 6.92 Å². The number of aromatic nitrogens is 1. The summed E-state index contributed by atoms with van der Waals surface area (Å²) in [5.41, 5.74) is 1.10. The number of thiazole rings is 1. The summed E-state index contributed by atoms with van der Waals surface area (Å²) in [6.45, 7) is 2.28. The highest BCUT2D eigenvalue weighted by atomic mass is 32.1. The Hall–Kier alpha value is -0.410. The highest BCUT2D eigenvalue weighted by Gasteiger charge is 2.37. The number of rotatable bonds is 2. The van der Waals surface area contributed by atoms with Gasteiger partial charge in [0.05, 0.1) is 6.61 Å². The fraction of sp³-hybridized carbons (Fsp3) is 0.700. The third-order valence-corrected chi connectivity index (χ3v) is 4.14. The molecule has 1 N–H and O–H groups in total. The molecule has 3 heteroatoms. The number of aliphatic hydroxyl groups excluding tert-OH is 1. The second kappa shape index (κ2) is 3.39. The quantitative estimate of drug-likeness (QED) is 0.789. The Labute approximate surface area is 82.6 Å². The van der Waals surface area contributed by atoms with Gasteiger partial charge in [-0.3, -0.25) is 0 Å². The molecule has 1 aromatic heterocycles. The largest absolute Gasteiger partial charge is 0.395 e. The van der Waals surface area contributed by atoms with Crippen LogP contribution in [0, 0.1) is 6.92 Å². The lowest BCUT2D eigenvalue weighted by Gasteiger charge is -2.23. The third kappa shape index (κ3) is 1.51. The lowest BCUT2D eigenvalue weighted by molar-refractivity contribution is 0.195. The summed E-state index contributed by atoms with van der Waals surface area (Å²) in [5.74, 6) is 0. The molecule has 0 bridgehead atoms. The van der Waals surface area contributed by atoms with E-state index in [4.69, 9.17) is 0 Å². The Morgan fingerprint density at radius 1 is 1.54 bits per heavy atom. The summed E-state index contributed by atoms with van der Waals surface area (Å²) in [6, 6.07) is 0. The molecule has 13 heavy (non-hydrogen) atoms. The Balaban J connectivity index is 2.30. The highest BCUT2D eigenvalue weighted by molar-refractivity contribution is 7.09. The summed E-state index contributed by atoms with van der Waals surface area (Å²) < 4.78 is 0. The molecule has 0 atom stereocenters. The smallest absolute Gasteiger partial charge is 0.101 e. The van der Waals surface area contributed by atoms with Crippen molar-refractivity contribution in [3.05, 3.63) is 16.1 Å². The molecule has 1 aliphatic rings. The van der Waals surface area contributed by atoms with Crippen molar-refractivity contribution < 1.29 is 5.11 Å². The van der Waals surface area contributed by atoms with Crippen molar-refractivity contribution in [3.63, 3.8) is 0 Å². The number of hydrogen-bond donors (Lipinski definition) is 1. The third-order valence-electron chi connectivity index (χ3n) is 2.94. The van der Waals surface area contributed by atoms with Gasteiger partial charge in [0.15, 0.2) is 0 Å². The number of aliphatic hydroxyl groups is 1. The van der Waals surface area contributed by atoms with Crippen LogP contribution >= 0.6 is 11.3 Å². The number of aryl methyl sites for hydroxylation is 1. The van der Waals surface area contributed by atoms with Crippen LogP contribution < -0.4 is 0 Å². The molecule has 0 unspecified atom stereocenters. The molecular weight excluding hydrogens is 182 g/mol. The maximum absolute atomic E-state index is 9.45. The van der Waals surface area contributed by atoms with Crippen molar-refractivity contribution in [1.82, 2.24) is 4.98 Å². The molecule has 0 aliphatic heterocycles. The van der Waals surface area contributed by atoms with Gasteiger partial charge in [-0.2, -0.15) is 0 Å². The van der Waals surface area contributed by atoms with Crippen molar-refractivity contribution in [2.45, 2.75) is 38.0 Å². The number of nitrogens with zero attached hydrogens (tertiary/aromatic N) is 1. The SMILES string of the molecule is Cc1csc(C2(CO)CCCC2)n1. The Kier molecular flexibility index (Phi) is 2.39. The molecule has 0 spiro atoms. The van der Waals surface area contributed by atoms with Crippen LogP contribution in [-0.2, 0) is 5.41 Å². The van der Waals surface area contributed by atoms with Crippen LogP contribution in [0.15, 0.2) is 5.38 Å². The molecule has 1 aromatic rings. The zero-order valence-electron chi connectivity index (χ0n) is 7.92. The van der Waals surface area contributed by atoms with Crippen molar-refractivity contribution in [1.29, 1.82) is 0 Å². The molecule has 2 nitrogen and oxygen atoms in total. The first-order valence-corrected chi connectivity index (χ1v) is 5.68. The van der Waals surface area contributed by atoms with Crippen molar-refractivity contribution >= 4 is 11.3 Å². The molecule has 72 valence electrons. The van der Waals surface area contributed by atoms with Crippen LogP contribution in [0.5, 0.6) is 0 Å². The first-order valence-electron chi connectivity index (χ1n) is 4.80. The van der Waals surface area contributed by atoms with Crippen molar-refractivity contribution in [2.24, 2.45) is 0 Å². The standard InChI is InChI=1S/C10H15NOS/c1-8-6-13-9(11-8)10(7-12)4-2-3-5-10/h6,12H,2-5,7H2,1H3. The Morgan fingerprint density at radius 2 is 2.23 bits per heavy atom. The second-order valence-corrected chi connectivity index (χ2v) is 4.80. The first kappa shape index (κ1) is 9.16. The van der Waals surface area contributed by atoms with Gasteiger partial charge in [-0.1, -0.05) is 12.8 Å². The van der Waals surface area contributed by atoms with E-state index in [1.165, 1.54) is 12.8 Å². The Morgan fingerprint density at radius 3 is 2.69 bits per heavy atom. The summed E-state index contributed by atoms with van der Waals surface area (Å²) in [7, 11) is 0. The molecule has 1 saturated carbocycles. The normalized spacial score (nSPS) is 20.8. The topological polar surface area (TPSA) is 33.1 Å². The van der Waals surface area contributed by atoms with E-state index in [9.17, 15) is 5.11 Å². The molecule has 0 saturated heterocycles. The summed E-state index contributed by atoms with van der Waals surface area (Å²) in [6.07, 6.45) is 4.69. The van der Waals surface area contributed by atoms with E-state index in [0.29, 0.717) is 0 Å². The molecule has 2 rings (SSSR count). The molecule has 1 heterocycles. The van der Waals surface area contributed by atoms with Gasteiger partial charge in [0.1, 0.15) is 5.01 Å². The van der Waals surface area contributed by atoms with Crippen LogP contribution in [-0.4, -0.2) is 16.7 Å². The second-order valence-electron chi connectivity index (χ2n) is 3.94. The van der Waals surface area contributed by atoms with E-state index in [0.717, 1.165) is 23.5 Å². The lowest BCUT2D eigenvalue weighted by atomic mass is 9.88. The van der Waals surface area contributed by atoms with Crippen LogP contribution in [0.4, 0.5) is 0 Å². The average Bonchev–Trinajstić information content (AvgIpc) is 2.73. The lowest BCUT2D eigenvalue weighted by Crippen LogP contribution is -2.26. The van der Waals surface area contributed by atoms with Crippen LogP contribution in [0.1, 0.15) is 36.4 Å². The van der Waals surface area contributed by atoms with Crippen LogP contribution in [0.2, 0.25) is 0 Å². The predicted molar refractivity (Wildman–Crippen MR) is 54.1 cm³/mol. The van der Waals surface area contributed by atoms with Gasteiger partial charge in [0.25, 0.3) is 0 Å². The minimum Gasteiger partial charge on any atom is -0.395 e. The fourth-order valence-corrected chi connectivity index (χ4v) is 3.14. The van der Waals surface area contributed by atoms with Crippen molar-refractivity contribution in [2.75, 3.05) is 6.61 Å². The summed E-state index contributed by atoms with van der Waals surface area (Å²) in [5, 5.41) is 12.7. The van der Waals surface area contributed by atoms with Crippen LogP contribution in [0.3, 0.4) is 0 Å². The maximum Gasteiger partial charge on any atom is 0.101 e. The Bertz CT molecular complexity index is 289. The molecule has 0 amide bonds. The molecular formula is C10H15NOS. The maximum atomic E-state index is 9.45. The molecule has 1 aliphatic carbocycles. The fourth-order valence-electron chi connectivity index (χ4n) is 2.09. The van der Waals surface area contributed by atoms with Gasteiger partial charge in [0, 0.05) is 16.5 Å². The van der Waals surface area contributed by atoms with Gasteiger partial charge >= 0.3 is 0 Å². The van der Waals surface area contributed by atoms with E-state index in [1.54, 1.807) is 11.3 Å². The van der Waals surface area contributed by atoms with Crippen molar-refractivity contribution in [3.8, 4) is 0 Å². The average molecular weight is 197 g/mol. The molecule has 1 fully saturated rings. The zero-order chi connectivity index (χ0) is 9.31. The van der Waals surface area contributed by atoms with Gasteiger partial charge in [-0.05, 0) is 19.8 Å². The van der Waals surface area contributed by atoms with E-state index in [-0.39, 0.29) is 12.0 Å². The van der Waals surface area contributed by atoms with Gasteiger partial charge in [-0.15, -0.1) is 11.3 Å². The summed E-state index contributed by atoms with van der Waals surface area (Å²) >= 11 is 1.70. The molecule has 0 radical (unpaired) electrons.